The Hall–Kier alpha value is -1.40. The predicted molar refractivity (Wildman–Crippen MR) is 49.9 cm³/mol. The Labute approximate surface area is 91.7 Å². The second-order valence-electron chi connectivity index (χ2n) is 3.72. The van der Waals surface area contributed by atoms with Crippen LogP contribution in [0.3, 0.4) is 0 Å². The lowest BCUT2D eigenvalue weighted by atomic mass is 9.84. The highest BCUT2D eigenvalue weighted by Gasteiger charge is 2.37. The van der Waals surface area contributed by atoms with E-state index < -0.39 is 30.1 Å². The molecule has 16 heavy (non-hydrogen) atoms. The Kier molecular flexibility index (Phi) is 3.21. The van der Waals surface area contributed by atoms with E-state index in [0.29, 0.717) is 12.8 Å². The highest BCUT2D eigenvalue weighted by molar-refractivity contribution is 5.83. The molecule has 2 aliphatic rings. The third-order valence-electron chi connectivity index (χ3n) is 2.64. The maximum Gasteiger partial charge on any atom is 0.316 e. The van der Waals surface area contributed by atoms with Crippen molar-refractivity contribution < 1.29 is 29.2 Å². The lowest BCUT2D eigenvalue weighted by molar-refractivity contribution is -0.473. The van der Waals surface area contributed by atoms with E-state index in [9.17, 15) is 9.59 Å². The van der Waals surface area contributed by atoms with Gasteiger partial charge >= 0.3 is 11.9 Å². The molecule has 0 aromatic carbocycles. The fourth-order valence-electron chi connectivity index (χ4n) is 1.74. The van der Waals surface area contributed by atoms with E-state index >= 15 is 0 Å². The second kappa shape index (κ2) is 4.63. The fraction of sp³-hybridized carbons (Fsp3) is 0.600. The molecule has 1 aliphatic carbocycles. The fourth-order valence-corrected chi connectivity index (χ4v) is 1.74. The van der Waals surface area contributed by atoms with Gasteiger partial charge in [-0.15, -0.1) is 0 Å². The summed E-state index contributed by atoms with van der Waals surface area (Å²) < 4.78 is 4.91. The molecule has 1 N–H and O–H groups in total. The van der Waals surface area contributed by atoms with Crippen molar-refractivity contribution in [2.24, 2.45) is 11.8 Å². The summed E-state index contributed by atoms with van der Waals surface area (Å²) in [5.41, 5.74) is 0. The average Bonchev–Trinajstić information content (AvgIpc) is 2.23. The molecular weight excluding hydrogens is 216 g/mol. The number of carbonyl (C=O) groups is 2. The molecule has 88 valence electrons. The van der Waals surface area contributed by atoms with Crippen molar-refractivity contribution in [1.29, 1.82) is 0 Å². The van der Waals surface area contributed by atoms with Gasteiger partial charge in [-0.25, -0.2) is 4.89 Å². The predicted octanol–water partition coefficient (Wildman–Crippen LogP) is 0.484. The molecule has 1 saturated heterocycles. The van der Waals surface area contributed by atoms with Crippen LogP contribution in [0, 0.1) is 11.8 Å². The quantitative estimate of drug-likeness (QED) is 0.430. The minimum Gasteiger partial charge on any atom is -0.481 e. The molecule has 1 heterocycles. The maximum absolute atomic E-state index is 11.6. The molecule has 1 fully saturated rings. The van der Waals surface area contributed by atoms with Crippen molar-refractivity contribution in [3.05, 3.63) is 12.2 Å². The van der Waals surface area contributed by atoms with Crippen LogP contribution in [0.4, 0.5) is 0 Å². The highest BCUT2D eigenvalue weighted by atomic mass is 17.3. The molecule has 6 heteroatoms. The summed E-state index contributed by atoms with van der Waals surface area (Å²) in [4.78, 5) is 31.4. The van der Waals surface area contributed by atoms with Gasteiger partial charge in [-0.1, -0.05) is 12.2 Å². The van der Waals surface area contributed by atoms with Crippen LogP contribution in [0.1, 0.15) is 12.8 Å². The van der Waals surface area contributed by atoms with E-state index in [2.05, 4.69) is 9.78 Å². The molecule has 2 rings (SSSR count). The van der Waals surface area contributed by atoms with E-state index in [1.807, 2.05) is 0 Å². The van der Waals surface area contributed by atoms with Crippen LogP contribution < -0.4 is 0 Å². The average molecular weight is 228 g/mol. The molecule has 0 radical (unpaired) electrons. The molecule has 0 aromatic heterocycles. The minimum absolute atomic E-state index is 0.194. The van der Waals surface area contributed by atoms with Crippen LogP contribution in [0.2, 0.25) is 0 Å². The number of hydrogen-bond acceptors (Lipinski definition) is 5. The van der Waals surface area contributed by atoms with Gasteiger partial charge in [-0.2, -0.15) is 4.89 Å². The Morgan fingerprint density at radius 1 is 1.44 bits per heavy atom. The van der Waals surface area contributed by atoms with Gasteiger partial charge in [-0.05, 0) is 12.8 Å². The number of aliphatic carboxylic acids is 1. The molecular formula is C10H12O6. The van der Waals surface area contributed by atoms with Crippen molar-refractivity contribution >= 4 is 11.9 Å². The Bertz CT molecular complexity index is 319. The van der Waals surface area contributed by atoms with Gasteiger partial charge in [0.1, 0.15) is 6.61 Å². The highest BCUT2D eigenvalue weighted by Crippen LogP contribution is 2.27. The molecule has 0 amide bonds. The third-order valence-corrected chi connectivity index (χ3v) is 2.64. The van der Waals surface area contributed by atoms with E-state index in [1.54, 1.807) is 12.2 Å². The van der Waals surface area contributed by atoms with Gasteiger partial charge in [0.05, 0.1) is 11.8 Å². The molecule has 6 nitrogen and oxygen atoms in total. The molecule has 0 aromatic rings. The van der Waals surface area contributed by atoms with Crippen molar-refractivity contribution in [2.75, 3.05) is 6.61 Å². The molecule has 0 saturated carbocycles. The normalized spacial score (nSPS) is 32.9. The minimum atomic E-state index is -0.975. The number of rotatable bonds is 3. The van der Waals surface area contributed by atoms with Crippen LogP contribution in [-0.2, 0) is 24.1 Å². The van der Waals surface area contributed by atoms with Crippen LogP contribution >= 0.6 is 0 Å². The summed E-state index contributed by atoms with van der Waals surface area (Å²) in [5.74, 6) is -2.98. The van der Waals surface area contributed by atoms with E-state index in [1.165, 1.54) is 0 Å². The van der Waals surface area contributed by atoms with Crippen molar-refractivity contribution in [3.63, 3.8) is 0 Å². The zero-order valence-corrected chi connectivity index (χ0v) is 8.50. The van der Waals surface area contributed by atoms with Gasteiger partial charge in [-0.3, -0.25) is 9.59 Å². The van der Waals surface area contributed by atoms with Gasteiger partial charge < -0.3 is 9.84 Å². The largest absolute Gasteiger partial charge is 0.481 e. The zero-order chi connectivity index (χ0) is 11.5. The molecule has 0 spiro atoms. The maximum atomic E-state index is 11.6. The van der Waals surface area contributed by atoms with Crippen molar-refractivity contribution in [2.45, 2.75) is 19.1 Å². The Morgan fingerprint density at radius 3 is 2.75 bits per heavy atom. The van der Waals surface area contributed by atoms with Gasteiger partial charge in [0.25, 0.3) is 6.29 Å². The first-order valence-electron chi connectivity index (χ1n) is 5.06. The van der Waals surface area contributed by atoms with Gasteiger partial charge in [0.2, 0.25) is 0 Å². The third kappa shape index (κ3) is 2.23. The van der Waals surface area contributed by atoms with Crippen LogP contribution in [0.25, 0.3) is 0 Å². The number of ether oxygens (including phenoxy) is 1. The first-order chi connectivity index (χ1) is 7.68. The van der Waals surface area contributed by atoms with Crippen LogP contribution in [-0.4, -0.2) is 29.9 Å². The number of esters is 1. The number of hydrogen-bond donors (Lipinski definition) is 1. The molecule has 0 bridgehead atoms. The van der Waals surface area contributed by atoms with Gasteiger partial charge in [0.15, 0.2) is 0 Å². The van der Waals surface area contributed by atoms with Crippen molar-refractivity contribution in [3.8, 4) is 0 Å². The van der Waals surface area contributed by atoms with Crippen LogP contribution in [0.15, 0.2) is 12.2 Å². The molecule has 3 atom stereocenters. The summed E-state index contributed by atoms with van der Waals surface area (Å²) in [6.07, 6.45) is 3.81. The Balaban J connectivity index is 1.98. The lowest BCUT2D eigenvalue weighted by Crippen LogP contribution is -2.40. The molecule has 1 aliphatic heterocycles. The number of allylic oxidation sites excluding steroid dienone is 1. The smallest absolute Gasteiger partial charge is 0.316 e. The summed E-state index contributed by atoms with van der Waals surface area (Å²) in [5, 5.41) is 8.97. The summed E-state index contributed by atoms with van der Waals surface area (Å²) >= 11 is 0. The lowest BCUT2D eigenvalue weighted by Gasteiger charge is -2.28. The van der Waals surface area contributed by atoms with E-state index in [-0.39, 0.29) is 6.61 Å². The second-order valence-corrected chi connectivity index (χ2v) is 3.72. The first-order valence-corrected chi connectivity index (χ1v) is 5.06. The zero-order valence-electron chi connectivity index (χ0n) is 8.50. The SMILES string of the molecule is O=C(OC1COO1)C1C=CCCC1C(=O)O. The monoisotopic (exact) mass is 228 g/mol. The molecule has 3 unspecified atom stereocenters. The van der Waals surface area contributed by atoms with Crippen LogP contribution in [0.5, 0.6) is 0 Å². The van der Waals surface area contributed by atoms with E-state index in [4.69, 9.17) is 9.84 Å². The number of carboxylic acids is 1. The summed E-state index contributed by atoms with van der Waals surface area (Å²) in [6.45, 7) is 0.194. The number of carboxylic acid groups (broad SMARTS) is 1. The van der Waals surface area contributed by atoms with Gasteiger partial charge in [0, 0.05) is 0 Å². The van der Waals surface area contributed by atoms with Crippen molar-refractivity contribution in [1.82, 2.24) is 0 Å². The first kappa shape index (κ1) is 11.1. The summed E-state index contributed by atoms with van der Waals surface area (Å²) in [7, 11) is 0. The summed E-state index contributed by atoms with van der Waals surface area (Å²) in [6, 6.07) is 0. The van der Waals surface area contributed by atoms with E-state index in [0.717, 1.165) is 0 Å². The standard InChI is InChI=1S/C10H12O6/c11-9(12)6-3-1-2-4-7(6)10(13)15-8-5-14-16-8/h2,4,6-8H,1,3,5H2,(H,11,12). The Morgan fingerprint density at radius 2 is 2.19 bits per heavy atom. The number of carbonyl (C=O) groups excluding carboxylic acids is 1. The topological polar surface area (TPSA) is 82.1 Å².